The Labute approximate surface area is 125 Å². The first-order chi connectivity index (χ1) is 9.95. The number of carboxylic acid groups (broad SMARTS) is 1. The minimum atomic E-state index is -0.950. The third kappa shape index (κ3) is 4.09. The summed E-state index contributed by atoms with van der Waals surface area (Å²) in [6.07, 6.45) is -0.530. The zero-order valence-electron chi connectivity index (χ0n) is 12.6. The van der Waals surface area contributed by atoms with Crippen LogP contribution in [0.25, 0.3) is 0 Å². The van der Waals surface area contributed by atoms with Gasteiger partial charge in [-0.25, -0.2) is 4.79 Å². The van der Waals surface area contributed by atoms with Gasteiger partial charge >= 0.3 is 5.97 Å². The maximum absolute atomic E-state index is 11.4. The van der Waals surface area contributed by atoms with Gasteiger partial charge in [0.2, 0.25) is 0 Å². The predicted molar refractivity (Wildman–Crippen MR) is 82.9 cm³/mol. The Kier molecular flexibility index (Phi) is 4.63. The van der Waals surface area contributed by atoms with Gasteiger partial charge in [-0.1, -0.05) is 35.9 Å². The monoisotopic (exact) mass is 284 g/mol. The van der Waals surface area contributed by atoms with Crippen molar-refractivity contribution in [2.24, 2.45) is 0 Å². The summed E-state index contributed by atoms with van der Waals surface area (Å²) in [7, 11) is 0. The molecule has 0 bridgehead atoms. The van der Waals surface area contributed by atoms with E-state index in [2.05, 4.69) is 0 Å². The van der Waals surface area contributed by atoms with E-state index in [0.717, 1.165) is 22.3 Å². The van der Waals surface area contributed by atoms with Crippen LogP contribution < -0.4 is 4.74 Å². The minimum Gasteiger partial charge on any atom is -0.478 e. The fraction of sp³-hybridized carbons (Fsp3) is 0.278. The number of aliphatic carboxylic acids is 1. The largest absolute Gasteiger partial charge is 0.478 e. The SMILES string of the molecule is Cc1ccc(C[C@H](Oc2ccc(C)c(C)c2)C(=O)O)cc1. The van der Waals surface area contributed by atoms with E-state index >= 15 is 0 Å². The van der Waals surface area contributed by atoms with Crippen LogP contribution in [0.2, 0.25) is 0 Å². The molecule has 1 N–H and O–H groups in total. The fourth-order valence-corrected chi connectivity index (χ4v) is 2.07. The van der Waals surface area contributed by atoms with Gasteiger partial charge in [0.1, 0.15) is 5.75 Å². The second-order valence-electron chi connectivity index (χ2n) is 5.38. The first-order valence-electron chi connectivity index (χ1n) is 6.98. The third-order valence-corrected chi connectivity index (χ3v) is 3.57. The molecule has 0 aliphatic rings. The number of carbonyl (C=O) groups is 1. The summed E-state index contributed by atoms with van der Waals surface area (Å²) in [6, 6.07) is 13.5. The number of aryl methyl sites for hydroxylation is 3. The highest BCUT2D eigenvalue weighted by Crippen LogP contribution is 2.19. The maximum atomic E-state index is 11.4. The van der Waals surface area contributed by atoms with Crippen LogP contribution in [0.15, 0.2) is 42.5 Å². The first kappa shape index (κ1) is 15.1. The number of hydrogen-bond donors (Lipinski definition) is 1. The molecule has 21 heavy (non-hydrogen) atoms. The maximum Gasteiger partial charge on any atom is 0.345 e. The average Bonchev–Trinajstić information content (AvgIpc) is 2.44. The zero-order chi connectivity index (χ0) is 15.4. The van der Waals surface area contributed by atoms with Gasteiger partial charge < -0.3 is 9.84 Å². The smallest absolute Gasteiger partial charge is 0.345 e. The van der Waals surface area contributed by atoms with Crippen LogP contribution in [-0.4, -0.2) is 17.2 Å². The van der Waals surface area contributed by atoms with Crippen molar-refractivity contribution in [2.45, 2.75) is 33.3 Å². The first-order valence-corrected chi connectivity index (χ1v) is 6.98. The molecule has 2 aromatic rings. The molecule has 0 fully saturated rings. The number of rotatable bonds is 5. The quantitative estimate of drug-likeness (QED) is 0.911. The van der Waals surface area contributed by atoms with Gasteiger partial charge in [0.05, 0.1) is 0 Å². The lowest BCUT2D eigenvalue weighted by atomic mass is 10.1. The van der Waals surface area contributed by atoms with Gasteiger partial charge in [-0.2, -0.15) is 0 Å². The number of carboxylic acids is 1. The van der Waals surface area contributed by atoms with E-state index in [-0.39, 0.29) is 0 Å². The molecular formula is C18H20O3. The lowest BCUT2D eigenvalue weighted by Crippen LogP contribution is -2.29. The van der Waals surface area contributed by atoms with Crippen molar-refractivity contribution >= 4 is 5.97 Å². The van der Waals surface area contributed by atoms with Crippen molar-refractivity contribution in [3.8, 4) is 5.75 Å². The van der Waals surface area contributed by atoms with Crippen molar-refractivity contribution in [2.75, 3.05) is 0 Å². The number of benzene rings is 2. The van der Waals surface area contributed by atoms with Gasteiger partial charge in [-0.15, -0.1) is 0 Å². The van der Waals surface area contributed by atoms with Crippen molar-refractivity contribution in [1.29, 1.82) is 0 Å². The molecule has 0 saturated heterocycles. The van der Waals surface area contributed by atoms with Gasteiger partial charge in [0, 0.05) is 6.42 Å². The van der Waals surface area contributed by atoms with Crippen molar-refractivity contribution in [3.05, 3.63) is 64.7 Å². The van der Waals surface area contributed by atoms with Gasteiger partial charge in [-0.3, -0.25) is 0 Å². The van der Waals surface area contributed by atoms with Crippen LogP contribution in [0.1, 0.15) is 22.3 Å². The second kappa shape index (κ2) is 6.44. The Balaban J connectivity index is 2.13. The van der Waals surface area contributed by atoms with Crippen LogP contribution in [-0.2, 0) is 11.2 Å². The van der Waals surface area contributed by atoms with Crippen LogP contribution in [0.5, 0.6) is 5.75 Å². The van der Waals surface area contributed by atoms with Gasteiger partial charge in [-0.05, 0) is 49.6 Å². The molecular weight excluding hydrogens is 264 g/mol. The average molecular weight is 284 g/mol. The van der Waals surface area contributed by atoms with Crippen LogP contribution in [0.4, 0.5) is 0 Å². The molecule has 0 radical (unpaired) electrons. The van der Waals surface area contributed by atoms with E-state index in [0.29, 0.717) is 12.2 Å². The molecule has 0 aliphatic heterocycles. The predicted octanol–water partition coefficient (Wildman–Crippen LogP) is 3.69. The second-order valence-corrected chi connectivity index (χ2v) is 5.38. The normalized spacial score (nSPS) is 12.0. The molecule has 0 spiro atoms. The zero-order valence-corrected chi connectivity index (χ0v) is 12.6. The molecule has 110 valence electrons. The summed E-state index contributed by atoms with van der Waals surface area (Å²) < 4.78 is 5.65. The molecule has 0 heterocycles. The van der Waals surface area contributed by atoms with E-state index in [1.807, 2.05) is 63.2 Å². The molecule has 3 heteroatoms. The summed E-state index contributed by atoms with van der Waals surface area (Å²) in [6.45, 7) is 6.00. The topological polar surface area (TPSA) is 46.5 Å². The highest BCUT2D eigenvalue weighted by Gasteiger charge is 2.20. The van der Waals surface area contributed by atoms with Crippen LogP contribution >= 0.6 is 0 Å². The van der Waals surface area contributed by atoms with E-state index in [9.17, 15) is 9.90 Å². The fourth-order valence-electron chi connectivity index (χ4n) is 2.07. The number of ether oxygens (including phenoxy) is 1. The lowest BCUT2D eigenvalue weighted by molar-refractivity contribution is -0.145. The van der Waals surface area contributed by atoms with Gasteiger partial charge in [0.25, 0.3) is 0 Å². The van der Waals surface area contributed by atoms with E-state index < -0.39 is 12.1 Å². The molecule has 0 aromatic heterocycles. The molecule has 0 unspecified atom stereocenters. The van der Waals surface area contributed by atoms with E-state index in [1.54, 1.807) is 0 Å². The Morgan fingerprint density at radius 1 is 1.05 bits per heavy atom. The summed E-state index contributed by atoms with van der Waals surface area (Å²) >= 11 is 0. The van der Waals surface area contributed by atoms with Crippen molar-refractivity contribution < 1.29 is 14.6 Å². The molecule has 2 rings (SSSR count). The molecule has 3 nitrogen and oxygen atoms in total. The Bertz CT molecular complexity index is 629. The minimum absolute atomic E-state index is 0.350. The van der Waals surface area contributed by atoms with E-state index in [4.69, 9.17) is 4.74 Å². The third-order valence-electron chi connectivity index (χ3n) is 3.57. The Hall–Kier alpha value is -2.29. The summed E-state index contributed by atoms with van der Waals surface area (Å²) in [5, 5.41) is 9.35. The summed E-state index contributed by atoms with van der Waals surface area (Å²) in [4.78, 5) is 11.4. The molecule has 0 aliphatic carbocycles. The van der Waals surface area contributed by atoms with Crippen molar-refractivity contribution in [3.63, 3.8) is 0 Å². The standard InChI is InChI=1S/C18H20O3/c1-12-4-7-15(8-5-12)11-17(18(19)20)21-16-9-6-13(2)14(3)10-16/h4-10,17H,11H2,1-3H3,(H,19,20)/t17-/m0/s1. The highest BCUT2D eigenvalue weighted by molar-refractivity contribution is 5.73. The molecule has 0 amide bonds. The molecule has 0 saturated carbocycles. The highest BCUT2D eigenvalue weighted by atomic mass is 16.5. The Morgan fingerprint density at radius 2 is 1.71 bits per heavy atom. The summed E-state index contributed by atoms with van der Waals surface area (Å²) in [5.41, 5.74) is 4.36. The van der Waals surface area contributed by atoms with Gasteiger partial charge in [0.15, 0.2) is 6.10 Å². The van der Waals surface area contributed by atoms with Crippen LogP contribution in [0, 0.1) is 20.8 Å². The molecule has 2 aromatic carbocycles. The van der Waals surface area contributed by atoms with Crippen molar-refractivity contribution in [1.82, 2.24) is 0 Å². The Morgan fingerprint density at radius 3 is 2.29 bits per heavy atom. The van der Waals surface area contributed by atoms with E-state index in [1.165, 1.54) is 0 Å². The van der Waals surface area contributed by atoms with Crippen LogP contribution in [0.3, 0.4) is 0 Å². The number of hydrogen-bond acceptors (Lipinski definition) is 2. The summed E-state index contributed by atoms with van der Waals surface area (Å²) in [5.74, 6) is -0.355. The lowest BCUT2D eigenvalue weighted by Gasteiger charge is -2.16. The molecule has 1 atom stereocenters.